The minimum Gasteiger partial charge on any atom is -0.508 e. The van der Waals surface area contributed by atoms with Gasteiger partial charge in [0.15, 0.2) is 0 Å². The Morgan fingerprint density at radius 1 is 1.35 bits per heavy atom. The third-order valence-corrected chi connectivity index (χ3v) is 3.20. The van der Waals surface area contributed by atoms with Crippen molar-refractivity contribution in [3.05, 3.63) is 29.3 Å². The first-order valence-electron chi connectivity index (χ1n) is 6.21. The second kappa shape index (κ2) is 6.62. The van der Waals surface area contributed by atoms with Crippen LogP contribution in [0.2, 0.25) is 0 Å². The average molecular weight is 237 g/mol. The number of hydrogen-bond acceptors (Lipinski definition) is 3. The number of nitrogens with one attached hydrogen (secondary N) is 1. The van der Waals surface area contributed by atoms with E-state index >= 15 is 0 Å². The van der Waals surface area contributed by atoms with Crippen LogP contribution in [0.1, 0.15) is 31.4 Å². The Morgan fingerprint density at radius 3 is 2.71 bits per heavy atom. The van der Waals surface area contributed by atoms with Crippen LogP contribution in [0.15, 0.2) is 18.2 Å². The molecular formula is C14H23NO2. The molecule has 0 spiro atoms. The maximum Gasteiger partial charge on any atom is 0.120 e. The standard InChI is InChI=1S/C14H23NO2/c1-4-11(3)14(17)9-15-8-12-7-10(2)5-6-13(12)16/h5-7,11,14-17H,4,8-9H2,1-3H3. The normalized spacial score (nSPS) is 14.6. The lowest BCUT2D eigenvalue weighted by Gasteiger charge is -2.17. The molecule has 3 nitrogen and oxygen atoms in total. The van der Waals surface area contributed by atoms with Crippen LogP contribution in [0.4, 0.5) is 0 Å². The fraction of sp³-hybridized carbons (Fsp3) is 0.571. The van der Waals surface area contributed by atoms with Crippen LogP contribution in [-0.2, 0) is 6.54 Å². The van der Waals surface area contributed by atoms with Crippen molar-refractivity contribution >= 4 is 0 Å². The lowest BCUT2D eigenvalue weighted by molar-refractivity contribution is 0.112. The van der Waals surface area contributed by atoms with Crippen LogP contribution in [-0.4, -0.2) is 22.9 Å². The summed E-state index contributed by atoms with van der Waals surface area (Å²) in [6.07, 6.45) is 0.644. The van der Waals surface area contributed by atoms with Gasteiger partial charge in [-0.05, 0) is 18.9 Å². The smallest absolute Gasteiger partial charge is 0.120 e. The molecule has 2 atom stereocenters. The van der Waals surface area contributed by atoms with Crippen molar-refractivity contribution in [2.75, 3.05) is 6.54 Å². The number of phenolic OH excluding ortho intramolecular Hbond substituents is 1. The van der Waals surface area contributed by atoms with E-state index in [0.29, 0.717) is 24.8 Å². The molecule has 96 valence electrons. The summed E-state index contributed by atoms with van der Waals surface area (Å²) in [5.41, 5.74) is 2.00. The van der Waals surface area contributed by atoms with Gasteiger partial charge in [0.2, 0.25) is 0 Å². The van der Waals surface area contributed by atoms with E-state index in [1.54, 1.807) is 6.07 Å². The monoisotopic (exact) mass is 237 g/mol. The zero-order valence-electron chi connectivity index (χ0n) is 10.9. The number of hydrogen-bond donors (Lipinski definition) is 3. The summed E-state index contributed by atoms with van der Waals surface area (Å²) in [4.78, 5) is 0. The van der Waals surface area contributed by atoms with Crippen molar-refractivity contribution in [2.45, 2.75) is 39.8 Å². The number of phenols is 1. The number of rotatable bonds is 6. The Kier molecular flexibility index (Phi) is 5.45. The molecule has 0 heterocycles. The number of aryl methyl sites for hydroxylation is 1. The summed E-state index contributed by atoms with van der Waals surface area (Å²) < 4.78 is 0. The molecule has 0 amide bonds. The lowest BCUT2D eigenvalue weighted by atomic mass is 10.0. The van der Waals surface area contributed by atoms with Gasteiger partial charge in [-0.2, -0.15) is 0 Å². The van der Waals surface area contributed by atoms with E-state index in [0.717, 1.165) is 17.5 Å². The molecule has 0 aliphatic carbocycles. The highest BCUT2D eigenvalue weighted by Gasteiger charge is 2.11. The van der Waals surface area contributed by atoms with Crippen molar-refractivity contribution in [1.29, 1.82) is 0 Å². The highest BCUT2D eigenvalue weighted by molar-refractivity contribution is 5.35. The molecule has 2 unspecified atom stereocenters. The Hall–Kier alpha value is -1.06. The van der Waals surface area contributed by atoms with Gasteiger partial charge in [-0.3, -0.25) is 0 Å². The van der Waals surface area contributed by atoms with Gasteiger partial charge in [-0.1, -0.05) is 38.0 Å². The van der Waals surface area contributed by atoms with Gasteiger partial charge in [0, 0.05) is 18.7 Å². The van der Waals surface area contributed by atoms with Crippen molar-refractivity contribution in [3.8, 4) is 5.75 Å². The topological polar surface area (TPSA) is 52.5 Å². The number of aliphatic hydroxyl groups excluding tert-OH is 1. The molecule has 0 aliphatic rings. The van der Waals surface area contributed by atoms with E-state index in [4.69, 9.17) is 0 Å². The molecule has 0 bridgehead atoms. The lowest BCUT2D eigenvalue weighted by Crippen LogP contribution is -2.31. The molecule has 0 saturated carbocycles. The summed E-state index contributed by atoms with van der Waals surface area (Å²) in [6.45, 7) is 7.25. The Labute approximate surface area is 103 Å². The maximum atomic E-state index is 9.79. The molecule has 3 N–H and O–H groups in total. The van der Waals surface area contributed by atoms with Gasteiger partial charge < -0.3 is 15.5 Å². The first kappa shape index (κ1) is 14.0. The number of aliphatic hydroxyl groups is 1. The molecule has 0 fully saturated rings. The predicted octanol–water partition coefficient (Wildman–Crippen LogP) is 2.20. The highest BCUT2D eigenvalue weighted by Crippen LogP contribution is 2.17. The van der Waals surface area contributed by atoms with E-state index in [9.17, 15) is 10.2 Å². The molecule has 0 radical (unpaired) electrons. The van der Waals surface area contributed by atoms with E-state index in [1.165, 1.54) is 0 Å². The molecule has 3 heteroatoms. The summed E-state index contributed by atoms with van der Waals surface area (Å²) in [5.74, 6) is 0.606. The first-order chi connectivity index (χ1) is 8.04. The molecule has 0 aliphatic heterocycles. The zero-order chi connectivity index (χ0) is 12.8. The van der Waals surface area contributed by atoms with Crippen molar-refractivity contribution < 1.29 is 10.2 Å². The van der Waals surface area contributed by atoms with E-state index in [1.807, 2.05) is 26.0 Å². The molecule has 1 aromatic carbocycles. The Morgan fingerprint density at radius 2 is 2.06 bits per heavy atom. The first-order valence-corrected chi connectivity index (χ1v) is 6.21. The van der Waals surface area contributed by atoms with Gasteiger partial charge >= 0.3 is 0 Å². The summed E-state index contributed by atoms with van der Waals surface area (Å²) in [7, 11) is 0. The molecule has 0 aromatic heterocycles. The molecule has 17 heavy (non-hydrogen) atoms. The van der Waals surface area contributed by atoms with Crippen LogP contribution < -0.4 is 5.32 Å². The van der Waals surface area contributed by atoms with Crippen LogP contribution in [0.3, 0.4) is 0 Å². The molecule has 0 saturated heterocycles. The average Bonchev–Trinajstić information content (AvgIpc) is 2.32. The molecular weight excluding hydrogens is 214 g/mol. The maximum absolute atomic E-state index is 9.79. The van der Waals surface area contributed by atoms with Crippen molar-refractivity contribution in [3.63, 3.8) is 0 Å². The zero-order valence-corrected chi connectivity index (χ0v) is 10.9. The van der Waals surface area contributed by atoms with Crippen LogP contribution in [0, 0.1) is 12.8 Å². The SMILES string of the molecule is CCC(C)C(O)CNCc1cc(C)ccc1O. The van der Waals surface area contributed by atoms with E-state index in [2.05, 4.69) is 12.2 Å². The minimum atomic E-state index is -0.327. The quantitative estimate of drug-likeness (QED) is 0.711. The van der Waals surface area contributed by atoms with Crippen LogP contribution >= 0.6 is 0 Å². The third kappa shape index (κ3) is 4.36. The Balaban J connectivity index is 2.43. The predicted molar refractivity (Wildman–Crippen MR) is 70.0 cm³/mol. The van der Waals surface area contributed by atoms with Crippen molar-refractivity contribution in [1.82, 2.24) is 5.32 Å². The second-order valence-electron chi connectivity index (χ2n) is 4.72. The third-order valence-electron chi connectivity index (χ3n) is 3.20. The minimum absolute atomic E-state index is 0.300. The van der Waals surface area contributed by atoms with Crippen LogP contribution in [0.25, 0.3) is 0 Å². The van der Waals surface area contributed by atoms with Gasteiger partial charge in [0.25, 0.3) is 0 Å². The van der Waals surface area contributed by atoms with E-state index < -0.39 is 0 Å². The highest BCUT2D eigenvalue weighted by atomic mass is 16.3. The van der Waals surface area contributed by atoms with E-state index in [-0.39, 0.29) is 6.10 Å². The number of aromatic hydroxyl groups is 1. The summed E-state index contributed by atoms with van der Waals surface area (Å²) >= 11 is 0. The number of benzene rings is 1. The van der Waals surface area contributed by atoms with Gasteiger partial charge in [0.1, 0.15) is 5.75 Å². The second-order valence-corrected chi connectivity index (χ2v) is 4.72. The van der Waals surface area contributed by atoms with Gasteiger partial charge in [0.05, 0.1) is 6.10 Å². The molecule has 1 aromatic rings. The van der Waals surface area contributed by atoms with Gasteiger partial charge in [-0.15, -0.1) is 0 Å². The summed E-state index contributed by atoms with van der Waals surface area (Å²) in [6, 6.07) is 5.54. The Bertz CT molecular complexity index is 352. The summed E-state index contributed by atoms with van der Waals surface area (Å²) in [5, 5.41) is 22.6. The fourth-order valence-electron chi connectivity index (χ4n) is 1.68. The largest absolute Gasteiger partial charge is 0.508 e. The van der Waals surface area contributed by atoms with Crippen LogP contribution in [0.5, 0.6) is 5.75 Å². The van der Waals surface area contributed by atoms with Gasteiger partial charge in [-0.25, -0.2) is 0 Å². The fourth-order valence-corrected chi connectivity index (χ4v) is 1.68. The molecule has 1 rings (SSSR count). The van der Waals surface area contributed by atoms with Crippen molar-refractivity contribution in [2.24, 2.45) is 5.92 Å².